The standard InChI is InChI=1S/C26H22F2N8O/c1-14-10-17(11-16(12-29)23(14)27)36-25(22-15(2)30-7-6-19(22)32-36)35-9-8-34(26(35)37)21-5-4-20-18(24(21)28)13-31-33(20)3/h4-5,8-11,13,15,30H,6-7H2,1-3H3/t15-/m0/s1. The maximum Gasteiger partial charge on any atom is 0.338 e. The number of imidazole rings is 1. The highest BCUT2D eigenvalue weighted by Gasteiger charge is 2.29. The maximum absolute atomic E-state index is 15.4. The number of aromatic nitrogens is 6. The summed E-state index contributed by atoms with van der Waals surface area (Å²) in [5.74, 6) is -0.690. The van der Waals surface area contributed by atoms with Gasteiger partial charge >= 0.3 is 5.69 Å². The summed E-state index contributed by atoms with van der Waals surface area (Å²) >= 11 is 0. The molecule has 186 valence electrons. The van der Waals surface area contributed by atoms with Gasteiger partial charge in [0.2, 0.25) is 0 Å². The lowest BCUT2D eigenvalue weighted by Gasteiger charge is -2.21. The second kappa shape index (κ2) is 8.25. The Morgan fingerprint density at radius 3 is 2.73 bits per heavy atom. The van der Waals surface area contributed by atoms with Gasteiger partial charge < -0.3 is 5.32 Å². The highest BCUT2D eigenvalue weighted by Crippen LogP contribution is 2.32. The summed E-state index contributed by atoms with van der Waals surface area (Å²) in [6.07, 6.45) is 5.13. The van der Waals surface area contributed by atoms with E-state index in [0.29, 0.717) is 35.4 Å². The van der Waals surface area contributed by atoms with Crippen LogP contribution in [-0.4, -0.2) is 35.2 Å². The largest absolute Gasteiger partial charge is 0.338 e. The average Bonchev–Trinajstić information content (AvgIpc) is 3.57. The van der Waals surface area contributed by atoms with Crippen LogP contribution in [0.4, 0.5) is 8.78 Å². The van der Waals surface area contributed by atoms with E-state index in [0.717, 1.165) is 11.3 Å². The zero-order valence-electron chi connectivity index (χ0n) is 20.3. The van der Waals surface area contributed by atoms with Gasteiger partial charge in [-0.3, -0.25) is 13.8 Å². The summed E-state index contributed by atoms with van der Waals surface area (Å²) in [5, 5.41) is 22.0. The van der Waals surface area contributed by atoms with Gasteiger partial charge in [0.15, 0.2) is 5.82 Å². The van der Waals surface area contributed by atoms with Crippen LogP contribution in [0.2, 0.25) is 0 Å². The molecule has 2 aromatic carbocycles. The van der Waals surface area contributed by atoms with Crippen molar-refractivity contribution < 1.29 is 8.78 Å². The lowest BCUT2D eigenvalue weighted by molar-refractivity contribution is 0.536. The number of nitrogens with one attached hydrogen (secondary N) is 1. The minimum absolute atomic E-state index is 0.0970. The third-order valence-corrected chi connectivity index (χ3v) is 6.93. The third kappa shape index (κ3) is 3.33. The first kappa shape index (κ1) is 22.9. The van der Waals surface area contributed by atoms with Gasteiger partial charge in [-0.25, -0.2) is 18.3 Å². The van der Waals surface area contributed by atoms with Gasteiger partial charge in [-0.1, -0.05) is 0 Å². The molecule has 11 heteroatoms. The molecule has 37 heavy (non-hydrogen) atoms. The van der Waals surface area contributed by atoms with Crippen LogP contribution in [0.1, 0.15) is 35.3 Å². The summed E-state index contributed by atoms with van der Waals surface area (Å²) in [6.45, 7) is 4.26. The van der Waals surface area contributed by atoms with E-state index < -0.39 is 17.3 Å². The monoisotopic (exact) mass is 500 g/mol. The fraction of sp³-hybridized carbons (Fsp3) is 0.231. The maximum atomic E-state index is 15.4. The lowest BCUT2D eigenvalue weighted by Crippen LogP contribution is -2.30. The summed E-state index contributed by atoms with van der Waals surface area (Å²) < 4.78 is 35.7. The molecule has 0 spiro atoms. The van der Waals surface area contributed by atoms with Crippen LogP contribution in [0.3, 0.4) is 0 Å². The van der Waals surface area contributed by atoms with E-state index in [9.17, 15) is 14.4 Å². The van der Waals surface area contributed by atoms with Crippen molar-refractivity contribution in [2.24, 2.45) is 7.05 Å². The molecule has 3 aromatic heterocycles. The Kier molecular flexibility index (Phi) is 5.10. The van der Waals surface area contributed by atoms with E-state index in [1.54, 1.807) is 47.7 Å². The van der Waals surface area contributed by atoms with Crippen molar-refractivity contribution in [1.82, 2.24) is 34.0 Å². The highest BCUT2D eigenvalue weighted by atomic mass is 19.1. The van der Waals surface area contributed by atoms with Crippen molar-refractivity contribution in [3.63, 3.8) is 0 Å². The SMILES string of the molecule is Cc1cc(-n2nc3c(c2-n2ccn(-c4ccc5c(cnn5C)c4F)c2=O)[C@H](C)NCC3)cc(C#N)c1F. The van der Waals surface area contributed by atoms with Crippen molar-refractivity contribution in [1.29, 1.82) is 5.26 Å². The summed E-state index contributed by atoms with van der Waals surface area (Å²) in [4.78, 5) is 13.7. The molecule has 9 nitrogen and oxygen atoms in total. The number of hydrogen-bond acceptors (Lipinski definition) is 5. The van der Waals surface area contributed by atoms with Gasteiger partial charge in [-0.2, -0.15) is 15.5 Å². The first-order valence-corrected chi connectivity index (χ1v) is 11.8. The fourth-order valence-electron chi connectivity index (χ4n) is 5.06. The number of fused-ring (bicyclic) bond motifs is 2. The van der Waals surface area contributed by atoms with Crippen molar-refractivity contribution in [3.8, 4) is 23.3 Å². The number of nitriles is 1. The van der Waals surface area contributed by atoms with Gasteiger partial charge in [0.1, 0.15) is 17.7 Å². The van der Waals surface area contributed by atoms with Gasteiger partial charge in [-0.05, 0) is 43.7 Å². The molecule has 6 rings (SSSR count). The van der Waals surface area contributed by atoms with Crippen LogP contribution in [0.25, 0.3) is 28.1 Å². The van der Waals surface area contributed by atoms with Gasteiger partial charge in [0.05, 0.1) is 39.7 Å². The molecule has 0 amide bonds. The first-order valence-electron chi connectivity index (χ1n) is 11.8. The molecule has 1 aliphatic heterocycles. The first-order chi connectivity index (χ1) is 17.8. The van der Waals surface area contributed by atoms with Crippen molar-refractivity contribution in [2.75, 3.05) is 6.54 Å². The molecular formula is C26H22F2N8O. The topological polar surface area (TPSA) is 98.4 Å². The smallest absolute Gasteiger partial charge is 0.310 e. The molecular weight excluding hydrogens is 478 g/mol. The van der Waals surface area contributed by atoms with Gasteiger partial charge in [-0.15, -0.1) is 0 Å². The molecule has 5 aromatic rings. The number of hydrogen-bond donors (Lipinski definition) is 1. The Hall–Kier alpha value is -4.56. The van der Waals surface area contributed by atoms with Gasteiger partial charge in [0, 0.05) is 44.0 Å². The Labute approximate surface area is 209 Å². The molecule has 1 atom stereocenters. The van der Waals surface area contributed by atoms with Crippen molar-refractivity contribution in [2.45, 2.75) is 26.3 Å². The number of aryl methyl sites for hydroxylation is 2. The van der Waals surface area contributed by atoms with Crippen molar-refractivity contribution in [3.05, 3.63) is 87.4 Å². The minimum Gasteiger partial charge on any atom is -0.310 e. The molecule has 0 fully saturated rings. The Bertz CT molecular complexity index is 1820. The summed E-state index contributed by atoms with van der Waals surface area (Å²) in [5.41, 5.74) is 2.45. The highest BCUT2D eigenvalue weighted by molar-refractivity contribution is 5.81. The predicted molar refractivity (Wildman–Crippen MR) is 132 cm³/mol. The van der Waals surface area contributed by atoms with E-state index in [-0.39, 0.29) is 22.9 Å². The molecule has 1 N–H and O–H groups in total. The molecule has 0 radical (unpaired) electrons. The molecule has 0 aliphatic carbocycles. The second-order valence-corrected chi connectivity index (χ2v) is 9.18. The molecule has 0 unspecified atom stereocenters. The van der Waals surface area contributed by atoms with E-state index in [1.807, 2.05) is 13.0 Å². The Morgan fingerprint density at radius 2 is 1.95 bits per heavy atom. The molecule has 0 saturated heterocycles. The number of nitrogens with zero attached hydrogens (tertiary/aromatic N) is 7. The zero-order chi connectivity index (χ0) is 26.0. The Morgan fingerprint density at radius 1 is 1.16 bits per heavy atom. The molecule has 0 bridgehead atoms. The zero-order valence-corrected chi connectivity index (χ0v) is 20.3. The molecule has 1 aliphatic rings. The van der Waals surface area contributed by atoms with Crippen molar-refractivity contribution >= 4 is 10.9 Å². The minimum atomic E-state index is -0.593. The quantitative estimate of drug-likeness (QED) is 0.410. The predicted octanol–water partition coefficient (Wildman–Crippen LogP) is 3.37. The summed E-state index contributed by atoms with van der Waals surface area (Å²) in [6, 6.07) is 8.03. The normalized spacial score (nSPS) is 15.2. The number of halogens is 2. The van der Waals surface area contributed by atoms with Crippen LogP contribution >= 0.6 is 0 Å². The van der Waals surface area contributed by atoms with E-state index >= 15 is 4.39 Å². The number of benzene rings is 2. The second-order valence-electron chi connectivity index (χ2n) is 9.18. The Balaban J connectivity index is 1.59. The average molecular weight is 501 g/mol. The van der Waals surface area contributed by atoms with Crippen LogP contribution in [0.5, 0.6) is 0 Å². The van der Waals surface area contributed by atoms with Crippen LogP contribution in [0, 0.1) is 29.9 Å². The fourth-order valence-corrected chi connectivity index (χ4v) is 5.06. The van der Waals surface area contributed by atoms with Gasteiger partial charge in [0.25, 0.3) is 0 Å². The van der Waals surface area contributed by atoms with Crippen LogP contribution < -0.4 is 11.0 Å². The van der Waals surface area contributed by atoms with E-state index in [1.165, 1.54) is 27.6 Å². The molecule has 0 saturated carbocycles. The summed E-state index contributed by atoms with van der Waals surface area (Å²) in [7, 11) is 1.72. The number of rotatable bonds is 3. The molecule has 4 heterocycles. The van der Waals surface area contributed by atoms with E-state index in [4.69, 9.17) is 5.10 Å². The van der Waals surface area contributed by atoms with E-state index in [2.05, 4.69) is 10.4 Å². The van der Waals surface area contributed by atoms with Crippen LogP contribution in [0.15, 0.2) is 47.7 Å². The lowest BCUT2D eigenvalue weighted by atomic mass is 10.0. The van der Waals surface area contributed by atoms with Crippen LogP contribution in [-0.2, 0) is 13.5 Å². The third-order valence-electron chi connectivity index (χ3n) is 6.93.